The van der Waals surface area contributed by atoms with Crippen LogP contribution in [0.2, 0.25) is 5.02 Å². The van der Waals surface area contributed by atoms with Gasteiger partial charge in [0, 0.05) is 5.69 Å². The molecule has 2 aromatic carbocycles. The molecule has 0 unspecified atom stereocenters. The summed E-state index contributed by atoms with van der Waals surface area (Å²) in [6.45, 7) is 2.92. The van der Waals surface area contributed by atoms with E-state index in [-0.39, 0.29) is 10.6 Å². The van der Waals surface area contributed by atoms with Crippen LogP contribution in [0.4, 0.5) is 5.69 Å². The van der Waals surface area contributed by atoms with Gasteiger partial charge in [0.1, 0.15) is 11.8 Å². The van der Waals surface area contributed by atoms with Crippen molar-refractivity contribution in [1.82, 2.24) is 0 Å². The lowest BCUT2D eigenvalue weighted by Crippen LogP contribution is -2.35. The van der Waals surface area contributed by atoms with Crippen LogP contribution in [0, 0.1) is 22.7 Å². The largest absolute Gasteiger partial charge is 0.479 e. The Morgan fingerprint density at radius 3 is 2.29 bits per heavy atom. The standard InChI is InChI=1S/C20H16ClN3O4/c1-12(19(25)24-16-6-5-15(11-23)18(21)9-16)28-20(26)13(2)27-17-7-3-14(10-22)4-8-17/h3-9,12-13H,1-2H3,(H,24,25)/t12-,13-/m1/s1. The zero-order chi connectivity index (χ0) is 20.7. The van der Waals surface area contributed by atoms with Crippen LogP contribution in [0.1, 0.15) is 25.0 Å². The summed E-state index contributed by atoms with van der Waals surface area (Å²) in [5.41, 5.74) is 1.13. The van der Waals surface area contributed by atoms with Crippen molar-refractivity contribution in [3.05, 3.63) is 58.6 Å². The summed E-state index contributed by atoms with van der Waals surface area (Å²) in [6, 6.07) is 14.6. The van der Waals surface area contributed by atoms with Gasteiger partial charge in [0.2, 0.25) is 0 Å². The van der Waals surface area contributed by atoms with E-state index in [2.05, 4.69) is 5.32 Å². The minimum Gasteiger partial charge on any atom is -0.479 e. The Bertz CT molecular complexity index is 961. The Labute approximate surface area is 167 Å². The monoisotopic (exact) mass is 397 g/mol. The van der Waals surface area contributed by atoms with Crippen LogP contribution in [-0.2, 0) is 14.3 Å². The molecule has 0 bridgehead atoms. The smallest absolute Gasteiger partial charge is 0.347 e. The molecule has 1 amide bonds. The number of benzene rings is 2. The van der Waals surface area contributed by atoms with Gasteiger partial charge in [-0.2, -0.15) is 10.5 Å². The molecule has 2 atom stereocenters. The van der Waals surface area contributed by atoms with Crippen molar-refractivity contribution >= 4 is 29.2 Å². The number of nitriles is 2. The average Bonchev–Trinajstić information content (AvgIpc) is 2.68. The summed E-state index contributed by atoms with van der Waals surface area (Å²) >= 11 is 5.92. The lowest BCUT2D eigenvalue weighted by atomic mass is 10.2. The van der Waals surface area contributed by atoms with E-state index in [1.807, 2.05) is 12.1 Å². The molecule has 1 N–H and O–H groups in total. The number of hydrogen-bond acceptors (Lipinski definition) is 6. The molecule has 28 heavy (non-hydrogen) atoms. The molecule has 8 heteroatoms. The Hall–Kier alpha value is -3.55. The number of ether oxygens (including phenoxy) is 2. The molecule has 0 aliphatic rings. The highest BCUT2D eigenvalue weighted by Crippen LogP contribution is 2.20. The van der Waals surface area contributed by atoms with Crippen molar-refractivity contribution in [2.24, 2.45) is 0 Å². The number of hydrogen-bond donors (Lipinski definition) is 1. The Balaban J connectivity index is 1.91. The van der Waals surface area contributed by atoms with Gasteiger partial charge in [-0.05, 0) is 56.3 Å². The SMILES string of the molecule is C[C@@H](OC(=O)[C@@H](C)Oc1ccc(C#N)cc1)C(=O)Nc1ccc(C#N)c(Cl)c1. The number of carbonyl (C=O) groups excluding carboxylic acids is 2. The maximum absolute atomic E-state index is 12.2. The van der Waals surface area contributed by atoms with Crippen molar-refractivity contribution in [2.45, 2.75) is 26.1 Å². The lowest BCUT2D eigenvalue weighted by molar-refractivity contribution is -0.159. The van der Waals surface area contributed by atoms with Crippen LogP contribution in [0.3, 0.4) is 0 Å². The summed E-state index contributed by atoms with van der Waals surface area (Å²) in [4.78, 5) is 24.3. The summed E-state index contributed by atoms with van der Waals surface area (Å²) < 4.78 is 10.6. The fourth-order valence-corrected chi connectivity index (χ4v) is 2.33. The first-order valence-electron chi connectivity index (χ1n) is 8.22. The minimum absolute atomic E-state index is 0.203. The fourth-order valence-electron chi connectivity index (χ4n) is 2.11. The van der Waals surface area contributed by atoms with Gasteiger partial charge in [0.25, 0.3) is 5.91 Å². The highest BCUT2D eigenvalue weighted by molar-refractivity contribution is 6.32. The molecule has 142 valence electrons. The Kier molecular flexibility index (Phi) is 6.97. The van der Waals surface area contributed by atoms with E-state index in [1.165, 1.54) is 32.0 Å². The second-order valence-corrected chi connectivity index (χ2v) is 6.18. The zero-order valence-corrected chi connectivity index (χ0v) is 15.9. The lowest BCUT2D eigenvalue weighted by Gasteiger charge is -2.18. The molecule has 0 aliphatic heterocycles. The second-order valence-electron chi connectivity index (χ2n) is 5.77. The van der Waals surface area contributed by atoms with Gasteiger partial charge in [0.15, 0.2) is 12.2 Å². The molecule has 2 rings (SSSR count). The Morgan fingerprint density at radius 2 is 1.71 bits per heavy atom. The number of halogens is 1. The van der Waals surface area contributed by atoms with E-state index in [0.717, 1.165) is 0 Å². The molecule has 0 aromatic heterocycles. The van der Waals surface area contributed by atoms with E-state index >= 15 is 0 Å². The summed E-state index contributed by atoms with van der Waals surface area (Å²) in [7, 11) is 0. The van der Waals surface area contributed by atoms with Gasteiger partial charge in [0.05, 0.1) is 22.2 Å². The maximum atomic E-state index is 12.2. The molecule has 0 aliphatic carbocycles. The second kappa shape index (κ2) is 9.40. The third-order valence-corrected chi connectivity index (χ3v) is 3.96. The van der Waals surface area contributed by atoms with Crippen molar-refractivity contribution < 1.29 is 19.1 Å². The average molecular weight is 398 g/mol. The Morgan fingerprint density at radius 1 is 1.04 bits per heavy atom. The first-order chi connectivity index (χ1) is 13.3. The van der Waals surface area contributed by atoms with Gasteiger partial charge in [-0.25, -0.2) is 4.79 Å². The summed E-state index contributed by atoms with van der Waals surface area (Å²) in [5, 5.41) is 20.4. The quantitative estimate of drug-likeness (QED) is 0.747. The van der Waals surface area contributed by atoms with E-state index in [9.17, 15) is 9.59 Å². The van der Waals surface area contributed by atoms with Gasteiger partial charge in [-0.15, -0.1) is 0 Å². The van der Waals surface area contributed by atoms with Crippen molar-refractivity contribution in [2.75, 3.05) is 5.32 Å². The molecule has 0 saturated heterocycles. The number of esters is 1. The summed E-state index contributed by atoms with van der Waals surface area (Å²) in [5.74, 6) is -0.877. The fraction of sp³-hybridized carbons (Fsp3) is 0.200. The third-order valence-electron chi connectivity index (χ3n) is 3.65. The van der Waals surface area contributed by atoms with Crippen molar-refractivity contribution in [3.63, 3.8) is 0 Å². The van der Waals surface area contributed by atoms with E-state index < -0.39 is 24.1 Å². The number of carbonyl (C=O) groups is 2. The van der Waals surface area contributed by atoms with Crippen LogP contribution >= 0.6 is 11.6 Å². The topological polar surface area (TPSA) is 112 Å². The summed E-state index contributed by atoms with van der Waals surface area (Å²) in [6.07, 6.45) is -2.03. The number of nitrogens with one attached hydrogen (secondary N) is 1. The maximum Gasteiger partial charge on any atom is 0.347 e. The number of nitrogens with zero attached hydrogens (tertiary/aromatic N) is 2. The minimum atomic E-state index is -1.08. The van der Waals surface area contributed by atoms with E-state index in [4.69, 9.17) is 31.6 Å². The highest BCUT2D eigenvalue weighted by atomic mass is 35.5. The molecule has 7 nitrogen and oxygen atoms in total. The number of anilines is 1. The van der Waals surface area contributed by atoms with E-state index in [1.54, 1.807) is 24.3 Å². The van der Waals surface area contributed by atoms with Crippen molar-refractivity contribution in [1.29, 1.82) is 10.5 Å². The van der Waals surface area contributed by atoms with E-state index in [0.29, 0.717) is 17.0 Å². The molecule has 0 heterocycles. The zero-order valence-electron chi connectivity index (χ0n) is 15.1. The van der Waals surface area contributed by atoms with Crippen LogP contribution in [0.25, 0.3) is 0 Å². The molecule has 0 saturated carbocycles. The number of amides is 1. The molecule has 0 radical (unpaired) electrons. The highest BCUT2D eigenvalue weighted by Gasteiger charge is 2.23. The predicted molar refractivity (Wildman–Crippen MR) is 102 cm³/mol. The number of rotatable bonds is 6. The van der Waals surface area contributed by atoms with Gasteiger partial charge in [-0.3, -0.25) is 4.79 Å². The molecule has 2 aromatic rings. The molecule has 0 fully saturated rings. The molecular weight excluding hydrogens is 382 g/mol. The van der Waals surface area contributed by atoms with Crippen LogP contribution in [0.5, 0.6) is 5.75 Å². The normalized spacial score (nSPS) is 12.0. The molecule has 0 spiro atoms. The first-order valence-corrected chi connectivity index (χ1v) is 8.59. The van der Waals surface area contributed by atoms with Crippen LogP contribution < -0.4 is 10.1 Å². The van der Waals surface area contributed by atoms with Crippen LogP contribution in [-0.4, -0.2) is 24.1 Å². The van der Waals surface area contributed by atoms with Gasteiger partial charge < -0.3 is 14.8 Å². The van der Waals surface area contributed by atoms with Gasteiger partial charge >= 0.3 is 5.97 Å². The predicted octanol–water partition coefficient (Wildman–Crippen LogP) is 3.42. The van der Waals surface area contributed by atoms with Crippen molar-refractivity contribution in [3.8, 4) is 17.9 Å². The van der Waals surface area contributed by atoms with Crippen LogP contribution in [0.15, 0.2) is 42.5 Å². The van der Waals surface area contributed by atoms with Gasteiger partial charge in [-0.1, -0.05) is 11.6 Å². The first kappa shape index (κ1) is 20.8. The molecular formula is C20H16ClN3O4. The third kappa shape index (κ3) is 5.47.